The van der Waals surface area contributed by atoms with Gasteiger partial charge in [0.05, 0.1) is 13.0 Å². The minimum absolute atomic E-state index is 0.0351. The average molecular weight is 200 g/mol. The third kappa shape index (κ3) is 2.36. The van der Waals surface area contributed by atoms with Gasteiger partial charge in [-0.3, -0.25) is 0 Å². The molecule has 1 rings (SSSR count). The summed E-state index contributed by atoms with van der Waals surface area (Å²) in [7, 11) is 1.64. The number of ether oxygens (including phenoxy) is 1. The highest BCUT2D eigenvalue weighted by Crippen LogP contribution is 2.23. The van der Waals surface area contributed by atoms with Gasteiger partial charge in [0, 0.05) is 11.6 Å². The van der Waals surface area contributed by atoms with E-state index in [4.69, 9.17) is 22.1 Å². The van der Waals surface area contributed by atoms with Crippen molar-refractivity contribution in [1.82, 2.24) is 0 Å². The Bertz CT molecular complexity index is 286. The lowest BCUT2D eigenvalue weighted by atomic mass is 10.1. The quantitative estimate of drug-likeness (QED) is 0.760. The summed E-state index contributed by atoms with van der Waals surface area (Å²) >= 11 is 5.77. The van der Waals surface area contributed by atoms with Crippen LogP contribution in [0.1, 0.15) is 24.1 Å². The van der Waals surface area contributed by atoms with Crippen LogP contribution in [0, 0.1) is 0 Å². The van der Waals surface area contributed by atoms with Gasteiger partial charge in [-0.25, -0.2) is 0 Å². The van der Waals surface area contributed by atoms with Gasteiger partial charge in [0.15, 0.2) is 0 Å². The summed E-state index contributed by atoms with van der Waals surface area (Å²) in [4.78, 5) is 0. The predicted molar refractivity (Wildman–Crippen MR) is 55.2 cm³/mol. The Morgan fingerprint density at radius 3 is 2.69 bits per heavy atom. The van der Waals surface area contributed by atoms with Gasteiger partial charge in [-0.1, -0.05) is 6.07 Å². The smallest absolute Gasteiger partial charge is 0.123 e. The molecule has 0 spiro atoms. The van der Waals surface area contributed by atoms with Crippen molar-refractivity contribution in [2.24, 2.45) is 5.73 Å². The molecule has 2 N–H and O–H groups in total. The fraction of sp³-hybridized carbons (Fsp3) is 0.400. The van der Waals surface area contributed by atoms with Crippen molar-refractivity contribution in [3.05, 3.63) is 29.3 Å². The van der Waals surface area contributed by atoms with E-state index in [9.17, 15) is 0 Å². The highest BCUT2D eigenvalue weighted by Gasteiger charge is 2.05. The predicted octanol–water partition coefficient (Wildman–Crippen LogP) is 2.45. The van der Waals surface area contributed by atoms with Crippen LogP contribution >= 0.6 is 11.6 Å². The van der Waals surface area contributed by atoms with Crippen LogP contribution in [0.5, 0.6) is 5.75 Å². The first-order valence-electron chi connectivity index (χ1n) is 4.17. The molecule has 1 atom stereocenters. The van der Waals surface area contributed by atoms with Gasteiger partial charge < -0.3 is 10.5 Å². The van der Waals surface area contributed by atoms with Crippen molar-refractivity contribution in [2.45, 2.75) is 18.8 Å². The molecular formula is C10H14ClNO. The van der Waals surface area contributed by atoms with Gasteiger partial charge in [-0.2, -0.15) is 0 Å². The van der Waals surface area contributed by atoms with Crippen LogP contribution in [0.2, 0.25) is 0 Å². The van der Waals surface area contributed by atoms with E-state index in [1.165, 1.54) is 0 Å². The molecule has 0 bridgehead atoms. The highest BCUT2D eigenvalue weighted by atomic mass is 35.5. The van der Waals surface area contributed by atoms with E-state index in [0.29, 0.717) is 5.88 Å². The van der Waals surface area contributed by atoms with Gasteiger partial charge in [0.25, 0.3) is 0 Å². The molecule has 0 saturated heterocycles. The van der Waals surface area contributed by atoms with Crippen LogP contribution in [-0.4, -0.2) is 7.11 Å². The average Bonchev–Trinajstić information content (AvgIpc) is 2.16. The van der Waals surface area contributed by atoms with E-state index in [1.54, 1.807) is 7.11 Å². The Balaban J connectivity index is 3.05. The van der Waals surface area contributed by atoms with Crippen molar-refractivity contribution in [3.8, 4) is 5.75 Å². The van der Waals surface area contributed by atoms with E-state index >= 15 is 0 Å². The summed E-state index contributed by atoms with van der Waals surface area (Å²) in [6, 6.07) is 5.87. The molecule has 13 heavy (non-hydrogen) atoms. The number of hydrogen-bond acceptors (Lipinski definition) is 2. The molecule has 2 nitrogen and oxygen atoms in total. The van der Waals surface area contributed by atoms with Gasteiger partial charge >= 0.3 is 0 Å². The van der Waals surface area contributed by atoms with Crippen LogP contribution in [0.3, 0.4) is 0 Å². The van der Waals surface area contributed by atoms with Crippen molar-refractivity contribution in [1.29, 1.82) is 0 Å². The number of hydrogen-bond donors (Lipinski definition) is 1. The molecule has 0 aliphatic rings. The summed E-state index contributed by atoms with van der Waals surface area (Å²) in [5.74, 6) is 1.27. The van der Waals surface area contributed by atoms with Crippen molar-refractivity contribution >= 4 is 11.6 Å². The standard InChI is InChI=1S/C10H14ClNO/c1-7(12)8-3-4-10(13-2)9(5-8)6-11/h3-5,7H,6,12H2,1-2H3/t7-/m1/s1. The van der Waals surface area contributed by atoms with Gasteiger partial charge in [-0.15, -0.1) is 11.6 Å². The Morgan fingerprint density at radius 2 is 2.23 bits per heavy atom. The fourth-order valence-corrected chi connectivity index (χ4v) is 1.40. The SMILES string of the molecule is COc1ccc([C@@H](C)N)cc1CCl. The molecule has 0 radical (unpaired) electrons. The Morgan fingerprint density at radius 1 is 1.54 bits per heavy atom. The molecule has 0 aliphatic heterocycles. The first-order chi connectivity index (χ1) is 6.19. The highest BCUT2D eigenvalue weighted by molar-refractivity contribution is 6.17. The zero-order chi connectivity index (χ0) is 9.84. The van der Waals surface area contributed by atoms with Crippen LogP contribution in [0.25, 0.3) is 0 Å². The molecule has 1 aromatic carbocycles. The van der Waals surface area contributed by atoms with Crippen LogP contribution in [0.4, 0.5) is 0 Å². The molecule has 0 heterocycles. The van der Waals surface area contributed by atoms with E-state index in [-0.39, 0.29) is 6.04 Å². The molecular weight excluding hydrogens is 186 g/mol. The van der Waals surface area contributed by atoms with E-state index < -0.39 is 0 Å². The lowest BCUT2D eigenvalue weighted by molar-refractivity contribution is 0.411. The number of nitrogens with two attached hydrogens (primary N) is 1. The Kier molecular flexibility index (Phi) is 3.58. The van der Waals surface area contributed by atoms with Crippen molar-refractivity contribution in [3.63, 3.8) is 0 Å². The number of methoxy groups -OCH3 is 1. The lowest BCUT2D eigenvalue weighted by Gasteiger charge is -2.10. The Hall–Kier alpha value is -0.730. The minimum atomic E-state index is 0.0351. The monoisotopic (exact) mass is 199 g/mol. The third-order valence-electron chi connectivity index (χ3n) is 1.97. The zero-order valence-corrected chi connectivity index (χ0v) is 8.64. The molecule has 0 fully saturated rings. The molecule has 0 aliphatic carbocycles. The molecule has 0 amide bonds. The topological polar surface area (TPSA) is 35.2 Å². The first kappa shape index (κ1) is 10.4. The minimum Gasteiger partial charge on any atom is -0.496 e. The number of alkyl halides is 1. The van der Waals surface area contributed by atoms with Crippen LogP contribution in [-0.2, 0) is 5.88 Å². The maximum absolute atomic E-state index is 5.77. The second-order valence-corrected chi connectivity index (χ2v) is 3.26. The normalized spacial score (nSPS) is 12.6. The second kappa shape index (κ2) is 4.49. The summed E-state index contributed by atoms with van der Waals surface area (Å²) in [5.41, 5.74) is 7.81. The van der Waals surface area contributed by atoms with E-state index in [0.717, 1.165) is 16.9 Å². The Labute approximate surface area is 83.6 Å². The first-order valence-corrected chi connectivity index (χ1v) is 4.71. The van der Waals surface area contributed by atoms with Crippen molar-refractivity contribution in [2.75, 3.05) is 7.11 Å². The molecule has 0 aromatic heterocycles. The number of rotatable bonds is 3. The maximum atomic E-state index is 5.77. The largest absolute Gasteiger partial charge is 0.496 e. The second-order valence-electron chi connectivity index (χ2n) is 2.99. The maximum Gasteiger partial charge on any atom is 0.123 e. The molecule has 0 saturated carbocycles. The molecule has 3 heteroatoms. The van der Waals surface area contributed by atoms with Crippen LogP contribution < -0.4 is 10.5 Å². The molecule has 0 unspecified atom stereocenters. The number of benzene rings is 1. The lowest BCUT2D eigenvalue weighted by Crippen LogP contribution is -2.05. The van der Waals surface area contributed by atoms with Gasteiger partial charge in [0.2, 0.25) is 0 Å². The third-order valence-corrected chi connectivity index (χ3v) is 2.26. The van der Waals surface area contributed by atoms with E-state index in [1.807, 2.05) is 25.1 Å². The van der Waals surface area contributed by atoms with Crippen molar-refractivity contribution < 1.29 is 4.74 Å². The van der Waals surface area contributed by atoms with Gasteiger partial charge in [0.1, 0.15) is 5.75 Å². The van der Waals surface area contributed by atoms with Gasteiger partial charge in [-0.05, 0) is 24.6 Å². The zero-order valence-electron chi connectivity index (χ0n) is 7.88. The number of halogens is 1. The van der Waals surface area contributed by atoms with Crippen LogP contribution in [0.15, 0.2) is 18.2 Å². The summed E-state index contributed by atoms with van der Waals surface area (Å²) in [5, 5.41) is 0. The van der Waals surface area contributed by atoms with E-state index in [2.05, 4.69) is 0 Å². The summed E-state index contributed by atoms with van der Waals surface area (Å²) < 4.78 is 5.15. The fourth-order valence-electron chi connectivity index (χ4n) is 1.19. The molecule has 1 aromatic rings. The molecule has 72 valence electrons. The summed E-state index contributed by atoms with van der Waals surface area (Å²) in [6.07, 6.45) is 0. The summed E-state index contributed by atoms with van der Waals surface area (Å²) in [6.45, 7) is 1.94.